The summed E-state index contributed by atoms with van der Waals surface area (Å²) in [7, 11) is 0. The predicted octanol–water partition coefficient (Wildman–Crippen LogP) is 3.53. The van der Waals surface area contributed by atoms with Crippen molar-refractivity contribution in [2.75, 3.05) is 0 Å². The minimum Gasteiger partial charge on any atom is -0.480 e. The summed E-state index contributed by atoms with van der Waals surface area (Å²) in [6, 6.07) is 27.7. The fourth-order valence-electron chi connectivity index (χ4n) is 5.86. The van der Waals surface area contributed by atoms with Gasteiger partial charge in [0, 0.05) is 24.8 Å². The lowest BCUT2D eigenvalue weighted by Gasteiger charge is -2.23. The molecule has 1 heterocycles. The summed E-state index contributed by atoms with van der Waals surface area (Å²) in [5.41, 5.74) is 14.4. The minimum atomic E-state index is -1.30. The van der Waals surface area contributed by atoms with Gasteiger partial charge in [-0.25, -0.2) is 9.79 Å². The molecule has 0 saturated heterocycles. The van der Waals surface area contributed by atoms with E-state index < -0.39 is 36.1 Å². The van der Waals surface area contributed by atoms with Crippen molar-refractivity contribution in [2.45, 2.75) is 50.6 Å². The molecule has 1 unspecified atom stereocenters. The van der Waals surface area contributed by atoms with Gasteiger partial charge in [0.05, 0.1) is 5.69 Å². The Kier molecular flexibility index (Phi) is 11.5. The van der Waals surface area contributed by atoms with Gasteiger partial charge in [-0.2, -0.15) is 0 Å². The van der Waals surface area contributed by atoms with E-state index in [-0.39, 0.29) is 25.2 Å². The quantitative estimate of drug-likeness (QED) is 0.0605. The number of aliphatic carboxylic acids is 2. The number of hydrogen-bond acceptors (Lipinski definition) is 7. The maximum atomic E-state index is 13.5. The van der Waals surface area contributed by atoms with Crippen LogP contribution in [0.15, 0.2) is 108 Å². The average molecular weight is 662 g/mol. The van der Waals surface area contributed by atoms with Gasteiger partial charge in [-0.05, 0) is 70.1 Å². The van der Waals surface area contributed by atoms with Gasteiger partial charge in [-0.1, -0.05) is 78.9 Å². The van der Waals surface area contributed by atoms with Crippen LogP contribution in [0.5, 0.6) is 0 Å². The topological polar surface area (TPSA) is 205 Å². The molecular formula is C37H39N7O5. The van der Waals surface area contributed by atoms with Gasteiger partial charge in [0.2, 0.25) is 0 Å². The molecule has 3 atom stereocenters. The Bertz CT molecular complexity index is 1960. The van der Waals surface area contributed by atoms with E-state index in [1.54, 1.807) is 12.3 Å². The fourth-order valence-corrected chi connectivity index (χ4v) is 5.86. The summed E-state index contributed by atoms with van der Waals surface area (Å²) in [5, 5.41) is 32.5. The summed E-state index contributed by atoms with van der Waals surface area (Å²) >= 11 is 0. The summed E-state index contributed by atoms with van der Waals surface area (Å²) in [5.74, 6) is -3.21. The van der Waals surface area contributed by atoms with Gasteiger partial charge < -0.3 is 32.3 Å². The first kappa shape index (κ1) is 34.5. The number of nitrogens with one attached hydrogen (secondary N) is 3. The SMILES string of the molecule is NC(N)=NC(CC[C@H](NC(=O)c1ccc(CNCc2ccccn2)c2ccccc12)C(=O)O)N[C@@H](Cc1cccc2ccccc12)C(=O)O. The Morgan fingerprint density at radius 1 is 0.714 bits per heavy atom. The van der Waals surface area contributed by atoms with Crippen molar-refractivity contribution in [3.05, 3.63) is 126 Å². The molecule has 5 rings (SSSR count). The minimum absolute atomic E-state index is 0.0239. The summed E-state index contributed by atoms with van der Waals surface area (Å²) < 4.78 is 0. The molecule has 0 radical (unpaired) electrons. The molecule has 0 saturated carbocycles. The average Bonchev–Trinajstić information content (AvgIpc) is 3.09. The van der Waals surface area contributed by atoms with Crippen LogP contribution >= 0.6 is 0 Å². The summed E-state index contributed by atoms with van der Waals surface area (Å²) in [4.78, 5) is 46.7. The Balaban J connectivity index is 1.27. The first-order valence-electron chi connectivity index (χ1n) is 15.9. The second-order valence-corrected chi connectivity index (χ2v) is 11.7. The highest BCUT2D eigenvalue weighted by Crippen LogP contribution is 2.24. The van der Waals surface area contributed by atoms with Crippen molar-refractivity contribution in [1.82, 2.24) is 20.9 Å². The standard InChI is InChI=1S/C37H39N7O5/c38-37(39)44-33(42-32(36(48)49)20-24-10-7-9-23-8-1-2-12-27(23)24)18-17-31(35(46)47)43-34(45)30-16-15-25(28-13-3-4-14-29(28)30)21-40-22-26-11-5-6-19-41-26/h1-16,19,31-33,40,42H,17-18,20-22H2,(H,43,45)(H,46,47)(H,48,49)(H4,38,39,44)/t31-,32-,33?/m0/s1. The van der Waals surface area contributed by atoms with Crippen LogP contribution in [0.25, 0.3) is 21.5 Å². The number of fused-ring (bicyclic) bond motifs is 2. The van der Waals surface area contributed by atoms with E-state index in [1.807, 2.05) is 91.0 Å². The first-order valence-corrected chi connectivity index (χ1v) is 15.9. The molecule has 0 aliphatic carbocycles. The molecule has 12 nitrogen and oxygen atoms in total. The number of carbonyl (C=O) groups is 3. The number of carboxylic acid groups (broad SMARTS) is 2. The van der Waals surface area contributed by atoms with Gasteiger partial charge in [-0.3, -0.25) is 19.9 Å². The predicted molar refractivity (Wildman–Crippen MR) is 189 cm³/mol. The lowest BCUT2D eigenvalue weighted by Crippen LogP contribution is -2.47. The van der Waals surface area contributed by atoms with E-state index in [0.717, 1.165) is 33.0 Å². The number of nitrogens with two attached hydrogens (primary N) is 2. The van der Waals surface area contributed by atoms with Gasteiger partial charge in [0.25, 0.3) is 5.91 Å². The third-order valence-corrected chi connectivity index (χ3v) is 8.24. The summed E-state index contributed by atoms with van der Waals surface area (Å²) in [6.45, 7) is 1.11. The fraction of sp³-hybridized carbons (Fsp3) is 0.216. The van der Waals surface area contributed by atoms with Gasteiger partial charge in [0.15, 0.2) is 5.96 Å². The number of nitrogens with zero attached hydrogens (tertiary/aromatic N) is 2. The largest absolute Gasteiger partial charge is 0.480 e. The Labute approximate surface area is 283 Å². The van der Waals surface area contributed by atoms with E-state index in [2.05, 4.69) is 25.9 Å². The van der Waals surface area contributed by atoms with Crippen molar-refractivity contribution >= 4 is 45.4 Å². The molecular weight excluding hydrogens is 622 g/mol. The molecule has 5 aromatic rings. The van der Waals surface area contributed by atoms with Crippen LogP contribution in [-0.4, -0.2) is 57.3 Å². The Morgan fingerprint density at radius 3 is 2.12 bits per heavy atom. The zero-order valence-electron chi connectivity index (χ0n) is 26.8. The monoisotopic (exact) mass is 661 g/mol. The number of pyridine rings is 1. The van der Waals surface area contributed by atoms with E-state index in [4.69, 9.17) is 11.5 Å². The van der Waals surface area contributed by atoms with Crippen molar-refractivity contribution in [2.24, 2.45) is 16.5 Å². The van der Waals surface area contributed by atoms with E-state index >= 15 is 0 Å². The molecule has 0 aliphatic rings. The lowest BCUT2D eigenvalue weighted by atomic mass is 9.98. The lowest BCUT2D eigenvalue weighted by molar-refractivity contribution is -0.141. The number of amides is 1. The molecule has 4 aromatic carbocycles. The maximum absolute atomic E-state index is 13.5. The Hall–Kier alpha value is -5.85. The Morgan fingerprint density at radius 2 is 1.41 bits per heavy atom. The number of aliphatic imine (C=N–C) groups is 1. The molecule has 0 bridgehead atoms. The van der Waals surface area contributed by atoms with Crippen molar-refractivity contribution < 1.29 is 24.6 Å². The third kappa shape index (κ3) is 9.15. The third-order valence-electron chi connectivity index (χ3n) is 8.24. The first-order chi connectivity index (χ1) is 23.7. The smallest absolute Gasteiger partial charge is 0.326 e. The maximum Gasteiger partial charge on any atom is 0.326 e. The summed E-state index contributed by atoms with van der Waals surface area (Å²) in [6.07, 6.45) is 0.883. The highest BCUT2D eigenvalue weighted by atomic mass is 16.4. The highest BCUT2D eigenvalue weighted by molar-refractivity contribution is 6.08. The number of guanidine groups is 1. The second-order valence-electron chi connectivity index (χ2n) is 11.7. The molecule has 49 heavy (non-hydrogen) atoms. The van der Waals surface area contributed by atoms with Crippen LogP contribution in [0.1, 0.15) is 40.0 Å². The number of aromatic nitrogens is 1. The molecule has 0 fully saturated rings. The van der Waals surface area contributed by atoms with E-state index in [9.17, 15) is 24.6 Å². The van der Waals surface area contributed by atoms with Crippen LogP contribution in [0.4, 0.5) is 0 Å². The zero-order valence-corrected chi connectivity index (χ0v) is 26.8. The van der Waals surface area contributed by atoms with Crippen LogP contribution < -0.4 is 27.4 Å². The number of rotatable bonds is 16. The highest BCUT2D eigenvalue weighted by Gasteiger charge is 2.27. The van der Waals surface area contributed by atoms with Gasteiger partial charge >= 0.3 is 11.9 Å². The number of carbonyl (C=O) groups excluding carboxylic acids is 1. The number of benzene rings is 4. The van der Waals surface area contributed by atoms with E-state index in [1.165, 1.54) is 0 Å². The molecule has 0 spiro atoms. The van der Waals surface area contributed by atoms with Crippen molar-refractivity contribution in [1.29, 1.82) is 0 Å². The van der Waals surface area contributed by atoms with Crippen molar-refractivity contribution in [3.63, 3.8) is 0 Å². The van der Waals surface area contributed by atoms with Crippen LogP contribution in [0.2, 0.25) is 0 Å². The molecule has 12 heteroatoms. The van der Waals surface area contributed by atoms with Crippen LogP contribution in [0, 0.1) is 0 Å². The van der Waals surface area contributed by atoms with E-state index in [0.29, 0.717) is 24.0 Å². The van der Waals surface area contributed by atoms with Gasteiger partial charge in [0.1, 0.15) is 18.2 Å². The normalized spacial score (nSPS) is 13.0. The molecule has 9 N–H and O–H groups in total. The molecule has 1 aromatic heterocycles. The van der Waals surface area contributed by atoms with Crippen molar-refractivity contribution in [3.8, 4) is 0 Å². The zero-order chi connectivity index (χ0) is 34.8. The molecule has 0 aliphatic heterocycles. The number of hydrogen-bond donors (Lipinski definition) is 7. The van der Waals surface area contributed by atoms with Crippen LogP contribution in [-0.2, 0) is 29.1 Å². The molecule has 1 amide bonds. The second kappa shape index (κ2) is 16.3. The van der Waals surface area contributed by atoms with Crippen LogP contribution in [0.3, 0.4) is 0 Å². The number of carboxylic acids is 2. The van der Waals surface area contributed by atoms with Gasteiger partial charge in [-0.15, -0.1) is 0 Å². The molecule has 252 valence electrons.